The zero-order chi connectivity index (χ0) is 16.4. The van der Waals surface area contributed by atoms with E-state index in [1.54, 1.807) is 12.1 Å². The molecular weight excluding hydrogens is 305 g/mol. The van der Waals surface area contributed by atoms with Crippen LogP contribution in [0.2, 0.25) is 0 Å². The first-order valence-electron chi connectivity index (χ1n) is 8.23. The molecule has 2 saturated heterocycles. The second kappa shape index (κ2) is 6.79. The third kappa shape index (κ3) is 4.05. The fourth-order valence-electron chi connectivity index (χ4n) is 3.72. The van der Waals surface area contributed by atoms with E-state index in [0.29, 0.717) is 18.9 Å². The van der Waals surface area contributed by atoms with Crippen molar-refractivity contribution in [2.45, 2.75) is 37.6 Å². The van der Waals surface area contributed by atoms with Crippen LogP contribution in [-0.4, -0.2) is 42.3 Å². The van der Waals surface area contributed by atoms with E-state index in [-0.39, 0.29) is 6.04 Å². The van der Waals surface area contributed by atoms with Gasteiger partial charge in [0.25, 0.3) is 0 Å². The van der Waals surface area contributed by atoms with Gasteiger partial charge in [-0.15, -0.1) is 0 Å². The molecule has 2 atom stereocenters. The van der Waals surface area contributed by atoms with Crippen molar-refractivity contribution in [3.05, 3.63) is 35.4 Å². The molecule has 0 bridgehead atoms. The van der Waals surface area contributed by atoms with Gasteiger partial charge < -0.3 is 10.4 Å². The number of alkyl halides is 3. The molecule has 2 heterocycles. The summed E-state index contributed by atoms with van der Waals surface area (Å²) in [6.45, 7) is 3.55. The Morgan fingerprint density at radius 3 is 2.39 bits per heavy atom. The summed E-state index contributed by atoms with van der Waals surface area (Å²) in [5.74, 6) is 0.596. The van der Waals surface area contributed by atoms with Crippen LogP contribution in [-0.2, 0) is 6.18 Å². The van der Waals surface area contributed by atoms with Gasteiger partial charge >= 0.3 is 6.18 Å². The van der Waals surface area contributed by atoms with Gasteiger partial charge in [-0.3, -0.25) is 4.90 Å². The number of nitrogens with zero attached hydrogens (tertiary/aromatic N) is 1. The molecular formula is C17H23F3N2O. The second-order valence-corrected chi connectivity index (χ2v) is 6.67. The average Bonchev–Trinajstić information content (AvgIpc) is 2.88. The number of halogens is 3. The van der Waals surface area contributed by atoms with E-state index in [1.165, 1.54) is 0 Å². The van der Waals surface area contributed by atoms with Crippen LogP contribution in [0.1, 0.15) is 36.4 Å². The highest BCUT2D eigenvalue weighted by Gasteiger charge is 2.35. The summed E-state index contributed by atoms with van der Waals surface area (Å²) in [5, 5.41) is 13.3. The maximum absolute atomic E-state index is 12.7. The van der Waals surface area contributed by atoms with Crippen LogP contribution in [0, 0.1) is 5.92 Å². The third-order valence-corrected chi connectivity index (χ3v) is 4.96. The summed E-state index contributed by atoms with van der Waals surface area (Å²) in [7, 11) is 0. The van der Waals surface area contributed by atoms with Crippen LogP contribution in [0.25, 0.3) is 0 Å². The summed E-state index contributed by atoms with van der Waals surface area (Å²) in [5.41, 5.74) is 0.244. The lowest BCUT2D eigenvalue weighted by atomic mass is 9.96. The first-order valence-corrected chi connectivity index (χ1v) is 8.23. The first kappa shape index (κ1) is 16.7. The number of aliphatic hydroxyl groups is 1. The molecule has 2 aliphatic heterocycles. The Hall–Kier alpha value is -1.11. The standard InChI is InChI=1S/C17H23F3N2O/c18-17(19,20)14-3-1-13(2-4-14)16-9-15(23)11-22(16)10-12-5-7-21-8-6-12/h1-4,12,15-16,21,23H,5-11H2. The third-order valence-electron chi connectivity index (χ3n) is 4.96. The van der Waals surface area contributed by atoms with Crippen molar-refractivity contribution in [3.63, 3.8) is 0 Å². The molecule has 2 aliphatic rings. The predicted molar refractivity (Wildman–Crippen MR) is 82.0 cm³/mol. The Bertz CT molecular complexity index is 512. The summed E-state index contributed by atoms with van der Waals surface area (Å²) >= 11 is 0. The lowest BCUT2D eigenvalue weighted by Crippen LogP contribution is -2.36. The van der Waals surface area contributed by atoms with Gasteiger partial charge in [0.2, 0.25) is 0 Å². The van der Waals surface area contributed by atoms with Gasteiger partial charge in [-0.2, -0.15) is 13.2 Å². The molecule has 2 N–H and O–H groups in total. The number of piperidine rings is 1. The molecule has 6 heteroatoms. The van der Waals surface area contributed by atoms with Crippen molar-refractivity contribution < 1.29 is 18.3 Å². The molecule has 2 fully saturated rings. The van der Waals surface area contributed by atoms with E-state index < -0.39 is 17.8 Å². The maximum Gasteiger partial charge on any atom is 0.416 e. The Balaban J connectivity index is 1.71. The number of likely N-dealkylation sites (tertiary alicyclic amines) is 1. The molecule has 1 aromatic rings. The molecule has 0 radical (unpaired) electrons. The van der Waals surface area contributed by atoms with Gasteiger partial charge in [-0.1, -0.05) is 12.1 Å². The fourth-order valence-corrected chi connectivity index (χ4v) is 3.72. The number of benzene rings is 1. The van der Waals surface area contributed by atoms with Crippen molar-refractivity contribution in [3.8, 4) is 0 Å². The minimum Gasteiger partial charge on any atom is -0.392 e. The molecule has 0 saturated carbocycles. The summed E-state index contributed by atoms with van der Waals surface area (Å²) in [6.07, 6.45) is -1.87. The van der Waals surface area contributed by atoms with E-state index in [9.17, 15) is 18.3 Å². The molecule has 3 rings (SSSR count). The predicted octanol–water partition coefficient (Wildman–Crippen LogP) is 2.81. The molecule has 0 spiro atoms. The Labute approximate surface area is 134 Å². The van der Waals surface area contributed by atoms with Crippen LogP contribution >= 0.6 is 0 Å². The second-order valence-electron chi connectivity index (χ2n) is 6.67. The summed E-state index contributed by atoms with van der Waals surface area (Å²) in [6, 6.07) is 5.41. The van der Waals surface area contributed by atoms with Crippen LogP contribution in [0.15, 0.2) is 24.3 Å². The first-order chi connectivity index (χ1) is 10.9. The van der Waals surface area contributed by atoms with Gasteiger partial charge in [0, 0.05) is 19.1 Å². The summed E-state index contributed by atoms with van der Waals surface area (Å²) < 4.78 is 38.1. The van der Waals surface area contributed by atoms with Gasteiger partial charge in [0.15, 0.2) is 0 Å². The molecule has 0 amide bonds. The topological polar surface area (TPSA) is 35.5 Å². The van der Waals surface area contributed by atoms with Gasteiger partial charge in [0.05, 0.1) is 11.7 Å². The average molecular weight is 328 g/mol. The van der Waals surface area contributed by atoms with E-state index in [1.807, 2.05) is 0 Å². The quantitative estimate of drug-likeness (QED) is 0.896. The Morgan fingerprint density at radius 2 is 1.78 bits per heavy atom. The minimum atomic E-state index is -4.30. The minimum absolute atomic E-state index is 0.0159. The number of hydrogen-bond donors (Lipinski definition) is 2. The SMILES string of the molecule is OC1CC(c2ccc(C(F)(F)F)cc2)N(CC2CCNCC2)C1. The van der Waals surface area contributed by atoms with Gasteiger partial charge in [-0.05, 0) is 56.0 Å². The molecule has 128 valence electrons. The Morgan fingerprint density at radius 1 is 1.13 bits per heavy atom. The van der Waals surface area contributed by atoms with E-state index >= 15 is 0 Å². The van der Waals surface area contributed by atoms with Crippen LogP contribution in [0.5, 0.6) is 0 Å². The number of nitrogens with one attached hydrogen (secondary N) is 1. The van der Waals surface area contributed by atoms with Crippen LogP contribution < -0.4 is 5.32 Å². The highest BCUT2D eigenvalue weighted by atomic mass is 19.4. The molecule has 0 aliphatic carbocycles. The fraction of sp³-hybridized carbons (Fsp3) is 0.647. The Kier molecular flexibility index (Phi) is 4.94. The number of aliphatic hydroxyl groups excluding tert-OH is 1. The van der Waals surface area contributed by atoms with Crippen LogP contribution in [0.4, 0.5) is 13.2 Å². The van der Waals surface area contributed by atoms with Crippen molar-refractivity contribution in [1.29, 1.82) is 0 Å². The van der Waals surface area contributed by atoms with Crippen molar-refractivity contribution in [2.24, 2.45) is 5.92 Å². The molecule has 3 nitrogen and oxygen atoms in total. The number of β-amino-alcohol motifs (C(OH)–C–C–N with tert-alkyl or cyclic N) is 1. The molecule has 23 heavy (non-hydrogen) atoms. The maximum atomic E-state index is 12.7. The summed E-state index contributed by atoms with van der Waals surface area (Å²) in [4.78, 5) is 2.24. The molecule has 2 unspecified atom stereocenters. The van der Waals surface area contributed by atoms with Crippen LogP contribution in [0.3, 0.4) is 0 Å². The largest absolute Gasteiger partial charge is 0.416 e. The molecule has 0 aromatic heterocycles. The van der Waals surface area contributed by atoms with Gasteiger partial charge in [-0.25, -0.2) is 0 Å². The number of rotatable bonds is 3. The van der Waals surface area contributed by atoms with Gasteiger partial charge in [0.1, 0.15) is 0 Å². The van der Waals surface area contributed by atoms with Crippen molar-refractivity contribution >= 4 is 0 Å². The van der Waals surface area contributed by atoms with E-state index in [4.69, 9.17) is 0 Å². The van der Waals surface area contributed by atoms with E-state index in [0.717, 1.165) is 50.2 Å². The monoisotopic (exact) mass is 328 g/mol. The highest BCUT2D eigenvalue weighted by Crippen LogP contribution is 2.36. The highest BCUT2D eigenvalue weighted by molar-refractivity contribution is 5.27. The van der Waals surface area contributed by atoms with Crippen molar-refractivity contribution in [1.82, 2.24) is 10.2 Å². The number of hydrogen-bond acceptors (Lipinski definition) is 3. The normalized spacial score (nSPS) is 27.5. The van der Waals surface area contributed by atoms with Crippen molar-refractivity contribution in [2.75, 3.05) is 26.2 Å². The lowest BCUT2D eigenvalue weighted by molar-refractivity contribution is -0.137. The smallest absolute Gasteiger partial charge is 0.392 e. The van der Waals surface area contributed by atoms with E-state index in [2.05, 4.69) is 10.2 Å². The zero-order valence-corrected chi connectivity index (χ0v) is 13.0. The molecule has 1 aromatic carbocycles. The zero-order valence-electron chi connectivity index (χ0n) is 13.0. The lowest BCUT2D eigenvalue weighted by Gasteiger charge is -2.31.